The van der Waals surface area contributed by atoms with E-state index in [4.69, 9.17) is 4.74 Å². The van der Waals surface area contributed by atoms with Crippen LogP contribution in [0.3, 0.4) is 0 Å². The smallest absolute Gasteiger partial charge is 0.119 e. The molecule has 0 bridgehead atoms. The number of nitrogens with zero attached hydrogens (tertiary/aromatic N) is 2. The summed E-state index contributed by atoms with van der Waals surface area (Å²) in [6.07, 6.45) is 2.70. The highest BCUT2D eigenvalue weighted by molar-refractivity contribution is 5.59. The van der Waals surface area contributed by atoms with Crippen molar-refractivity contribution >= 4 is 0 Å². The van der Waals surface area contributed by atoms with Gasteiger partial charge in [-0.1, -0.05) is 19.1 Å². The standard InChI is InChI=1S/C11H13N3O/c1-2-6-15-10-5-3-4-9(7-10)11-8-12-14-13-11/h3-5,7-8H,2,6H2,1H3,(H,12,13,14). The van der Waals surface area contributed by atoms with Crippen LogP contribution in [-0.4, -0.2) is 22.0 Å². The van der Waals surface area contributed by atoms with E-state index in [1.54, 1.807) is 6.20 Å². The number of rotatable bonds is 4. The molecular weight excluding hydrogens is 190 g/mol. The van der Waals surface area contributed by atoms with Gasteiger partial charge in [0.15, 0.2) is 0 Å². The van der Waals surface area contributed by atoms with Crippen LogP contribution >= 0.6 is 0 Å². The first-order chi connectivity index (χ1) is 7.40. The van der Waals surface area contributed by atoms with Crippen LogP contribution in [0.1, 0.15) is 13.3 Å². The van der Waals surface area contributed by atoms with Crippen molar-refractivity contribution in [2.24, 2.45) is 0 Å². The third-order valence-electron chi connectivity index (χ3n) is 2.02. The molecule has 1 heterocycles. The lowest BCUT2D eigenvalue weighted by Crippen LogP contribution is -1.94. The van der Waals surface area contributed by atoms with E-state index in [0.717, 1.165) is 30.0 Å². The summed E-state index contributed by atoms with van der Waals surface area (Å²) < 4.78 is 5.54. The molecule has 0 saturated carbocycles. The van der Waals surface area contributed by atoms with Crippen LogP contribution in [-0.2, 0) is 0 Å². The molecule has 0 aliphatic rings. The molecule has 0 saturated heterocycles. The minimum absolute atomic E-state index is 0.738. The molecule has 1 aromatic carbocycles. The van der Waals surface area contributed by atoms with Gasteiger partial charge in [-0.15, -0.1) is 0 Å². The summed E-state index contributed by atoms with van der Waals surface area (Å²) in [4.78, 5) is 0. The molecule has 0 atom stereocenters. The van der Waals surface area contributed by atoms with Gasteiger partial charge in [0, 0.05) is 5.56 Å². The van der Waals surface area contributed by atoms with Crippen LogP contribution in [0, 0.1) is 0 Å². The van der Waals surface area contributed by atoms with Crippen molar-refractivity contribution in [2.45, 2.75) is 13.3 Å². The minimum Gasteiger partial charge on any atom is -0.494 e. The van der Waals surface area contributed by atoms with Gasteiger partial charge in [0.2, 0.25) is 0 Å². The lowest BCUT2D eigenvalue weighted by Gasteiger charge is -2.05. The summed E-state index contributed by atoms with van der Waals surface area (Å²) in [6, 6.07) is 7.85. The summed E-state index contributed by atoms with van der Waals surface area (Å²) in [5.41, 5.74) is 1.84. The molecule has 0 unspecified atom stereocenters. The van der Waals surface area contributed by atoms with Crippen LogP contribution in [0.5, 0.6) is 5.75 Å². The van der Waals surface area contributed by atoms with Crippen molar-refractivity contribution in [3.63, 3.8) is 0 Å². The van der Waals surface area contributed by atoms with Gasteiger partial charge < -0.3 is 4.74 Å². The number of hydrogen-bond acceptors (Lipinski definition) is 3. The van der Waals surface area contributed by atoms with Gasteiger partial charge >= 0.3 is 0 Å². The van der Waals surface area contributed by atoms with Crippen molar-refractivity contribution in [3.05, 3.63) is 30.5 Å². The van der Waals surface area contributed by atoms with Crippen LogP contribution in [0.4, 0.5) is 0 Å². The van der Waals surface area contributed by atoms with Gasteiger partial charge in [-0.25, -0.2) is 0 Å². The second-order valence-corrected chi connectivity index (χ2v) is 3.23. The fourth-order valence-corrected chi connectivity index (χ4v) is 1.31. The summed E-state index contributed by atoms with van der Waals surface area (Å²) in [7, 11) is 0. The first kappa shape index (κ1) is 9.71. The Morgan fingerprint density at radius 3 is 3.07 bits per heavy atom. The zero-order chi connectivity index (χ0) is 10.5. The molecule has 0 radical (unpaired) electrons. The van der Waals surface area contributed by atoms with E-state index in [1.807, 2.05) is 24.3 Å². The fourth-order valence-electron chi connectivity index (χ4n) is 1.31. The van der Waals surface area contributed by atoms with Crippen molar-refractivity contribution in [1.29, 1.82) is 0 Å². The quantitative estimate of drug-likeness (QED) is 0.829. The molecule has 0 amide bonds. The zero-order valence-corrected chi connectivity index (χ0v) is 8.60. The molecule has 1 aromatic heterocycles. The lowest BCUT2D eigenvalue weighted by molar-refractivity contribution is 0.317. The third-order valence-corrected chi connectivity index (χ3v) is 2.02. The van der Waals surface area contributed by atoms with Gasteiger partial charge in [-0.3, -0.25) is 0 Å². The maximum absolute atomic E-state index is 5.54. The Morgan fingerprint density at radius 2 is 2.33 bits per heavy atom. The average Bonchev–Trinajstić information content (AvgIpc) is 2.80. The Labute approximate surface area is 88.3 Å². The van der Waals surface area contributed by atoms with E-state index in [0.29, 0.717) is 0 Å². The fraction of sp³-hybridized carbons (Fsp3) is 0.273. The van der Waals surface area contributed by atoms with Crippen LogP contribution < -0.4 is 4.74 Å². The van der Waals surface area contributed by atoms with Crippen LogP contribution in [0.15, 0.2) is 30.5 Å². The predicted molar refractivity (Wildman–Crippen MR) is 57.6 cm³/mol. The van der Waals surface area contributed by atoms with Crippen molar-refractivity contribution in [1.82, 2.24) is 15.4 Å². The predicted octanol–water partition coefficient (Wildman–Crippen LogP) is 2.26. The van der Waals surface area contributed by atoms with Crippen molar-refractivity contribution in [3.8, 4) is 17.0 Å². The summed E-state index contributed by atoms with van der Waals surface area (Å²) >= 11 is 0. The maximum Gasteiger partial charge on any atom is 0.119 e. The number of hydrogen-bond donors (Lipinski definition) is 1. The van der Waals surface area contributed by atoms with E-state index in [9.17, 15) is 0 Å². The second-order valence-electron chi connectivity index (χ2n) is 3.23. The third kappa shape index (κ3) is 2.34. The number of H-pyrrole nitrogens is 1. The normalized spacial score (nSPS) is 10.2. The molecular formula is C11H13N3O. The van der Waals surface area contributed by atoms with Crippen LogP contribution in [0.25, 0.3) is 11.3 Å². The summed E-state index contributed by atoms with van der Waals surface area (Å²) in [6.45, 7) is 2.82. The number of aromatic amines is 1. The highest BCUT2D eigenvalue weighted by Gasteiger charge is 2.01. The SMILES string of the molecule is CCCOc1cccc(-c2cn[nH]n2)c1. The highest BCUT2D eigenvalue weighted by Crippen LogP contribution is 2.21. The molecule has 15 heavy (non-hydrogen) atoms. The summed E-state index contributed by atoms with van der Waals surface area (Å²) in [5.74, 6) is 0.873. The van der Waals surface area contributed by atoms with Gasteiger partial charge in [0.05, 0.1) is 12.8 Å². The number of ether oxygens (including phenoxy) is 1. The molecule has 1 N–H and O–H groups in total. The van der Waals surface area contributed by atoms with E-state index >= 15 is 0 Å². The van der Waals surface area contributed by atoms with E-state index in [1.165, 1.54) is 0 Å². The average molecular weight is 203 g/mol. The molecule has 2 rings (SSSR count). The Kier molecular flexibility index (Phi) is 2.97. The Bertz CT molecular complexity index is 412. The first-order valence-electron chi connectivity index (χ1n) is 4.99. The molecule has 0 fully saturated rings. The Morgan fingerprint density at radius 1 is 1.40 bits per heavy atom. The maximum atomic E-state index is 5.54. The Balaban J connectivity index is 2.19. The molecule has 0 aliphatic heterocycles. The highest BCUT2D eigenvalue weighted by atomic mass is 16.5. The number of nitrogens with one attached hydrogen (secondary N) is 1. The van der Waals surface area contributed by atoms with Gasteiger partial charge in [-0.05, 0) is 18.6 Å². The van der Waals surface area contributed by atoms with Crippen molar-refractivity contribution in [2.75, 3.05) is 6.61 Å². The molecule has 4 nitrogen and oxygen atoms in total. The van der Waals surface area contributed by atoms with Gasteiger partial charge in [-0.2, -0.15) is 15.4 Å². The molecule has 2 aromatic rings. The van der Waals surface area contributed by atoms with Crippen LogP contribution in [0.2, 0.25) is 0 Å². The summed E-state index contributed by atoms with van der Waals surface area (Å²) in [5, 5.41) is 10.4. The number of aromatic nitrogens is 3. The van der Waals surface area contributed by atoms with Gasteiger partial charge in [0.1, 0.15) is 11.4 Å². The molecule has 0 spiro atoms. The molecule has 78 valence electrons. The Hall–Kier alpha value is -1.84. The number of benzene rings is 1. The van der Waals surface area contributed by atoms with Crippen molar-refractivity contribution < 1.29 is 4.74 Å². The largest absolute Gasteiger partial charge is 0.494 e. The molecule has 0 aliphatic carbocycles. The zero-order valence-electron chi connectivity index (χ0n) is 8.60. The lowest BCUT2D eigenvalue weighted by atomic mass is 10.1. The van der Waals surface area contributed by atoms with E-state index in [2.05, 4.69) is 22.3 Å². The monoisotopic (exact) mass is 203 g/mol. The van der Waals surface area contributed by atoms with Gasteiger partial charge in [0.25, 0.3) is 0 Å². The van der Waals surface area contributed by atoms with E-state index in [-0.39, 0.29) is 0 Å². The van der Waals surface area contributed by atoms with E-state index < -0.39 is 0 Å². The first-order valence-corrected chi connectivity index (χ1v) is 4.99. The second kappa shape index (κ2) is 4.59. The topological polar surface area (TPSA) is 50.8 Å². The minimum atomic E-state index is 0.738. The molecule has 4 heteroatoms.